The number of nitrogens with one attached hydrogen (secondary N) is 3. The molecule has 26 heavy (non-hydrogen) atoms. The van der Waals surface area contributed by atoms with Crippen LogP contribution in [-0.4, -0.2) is 23.0 Å². The molecule has 2 aromatic carbocycles. The van der Waals surface area contributed by atoms with Gasteiger partial charge in [-0.3, -0.25) is 9.78 Å². The summed E-state index contributed by atoms with van der Waals surface area (Å²) >= 11 is 0. The van der Waals surface area contributed by atoms with Gasteiger partial charge in [-0.05, 0) is 49.2 Å². The van der Waals surface area contributed by atoms with E-state index in [9.17, 15) is 9.59 Å². The lowest BCUT2D eigenvalue weighted by atomic mass is 10.1. The van der Waals surface area contributed by atoms with Crippen molar-refractivity contribution < 1.29 is 9.59 Å². The minimum absolute atomic E-state index is 0.198. The van der Waals surface area contributed by atoms with Crippen LogP contribution in [0.2, 0.25) is 0 Å². The molecule has 1 saturated carbocycles. The maximum absolute atomic E-state index is 12.6. The highest BCUT2D eigenvalue weighted by Gasteiger charge is 2.23. The molecule has 0 bridgehead atoms. The van der Waals surface area contributed by atoms with E-state index in [-0.39, 0.29) is 11.9 Å². The molecule has 3 aromatic rings. The normalized spacial score (nSPS) is 13.2. The number of pyridine rings is 1. The Labute approximate surface area is 150 Å². The molecule has 6 nitrogen and oxygen atoms in total. The van der Waals surface area contributed by atoms with E-state index in [0.29, 0.717) is 23.0 Å². The number of benzene rings is 2. The highest BCUT2D eigenvalue weighted by molar-refractivity contribution is 6.12. The summed E-state index contributed by atoms with van der Waals surface area (Å²) < 4.78 is 0. The van der Waals surface area contributed by atoms with Crippen LogP contribution in [0.4, 0.5) is 16.2 Å². The second-order valence-corrected chi connectivity index (χ2v) is 6.28. The number of nitrogens with zero attached hydrogens (tertiary/aromatic N) is 1. The molecule has 6 heteroatoms. The van der Waals surface area contributed by atoms with Crippen molar-refractivity contribution in [2.75, 3.05) is 10.6 Å². The van der Waals surface area contributed by atoms with Crippen molar-refractivity contribution in [3.8, 4) is 0 Å². The van der Waals surface area contributed by atoms with Gasteiger partial charge in [0.15, 0.2) is 0 Å². The first-order valence-electron chi connectivity index (χ1n) is 8.52. The van der Waals surface area contributed by atoms with E-state index in [2.05, 4.69) is 20.9 Å². The fourth-order valence-corrected chi connectivity index (χ4v) is 2.71. The van der Waals surface area contributed by atoms with E-state index in [1.165, 1.54) is 0 Å². The summed E-state index contributed by atoms with van der Waals surface area (Å²) in [5.41, 5.74) is 2.68. The van der Waals surface area contributed by atoms with Crippen molar-refractivity contribution in [2.24, 2.45) is 0 Å². The molecule has 1 aliphatic rings. The number of para-hydroxylation sites is 1. The lowest BCUT2D eigenvalue weighted by Gasteiger charge is -2.10. The second kappa shape index (κ2) is 6.84. The minimum atomic E-state index is -0.201. The fraction of sp³-hybridized carbons (Fsp3) is 0.150. The first-order chi connectivity index (χ1) is 12.7. The number of anilines is 2. The van der Waals surface area contributed by atoms with Crippen molar-refractivity contribution in [1.29, 1.82) is 0 Å². The molecule has 4 rings (SSSR count). The molecule has 1 fully saturated rings. The first kappa shape index (κ1) is 16.1. The Morgan fingerprint density at radius 3 is 2.31 bits per heavy atom. The van der Waals surface area contributed by atoms with Crippen LogP contribution < -0.4 is 16.0 Å². The molecule has 3 N–H and O–H groups in total. The average Bonchev–Trinajstić information content (AvgIpc) is 3.46. The van der Waals surface area contributed by atoms with Crippen LogP contribution in [-0.2, 0) is 0 Å². The zero-order valence-electron chi connectivity index (χ0n) is 14.0. The Hall–Kier alpha value is -3.41. The largest absolute Gasteiger partial charge is 0.335 e. The molecule has 0 atom stereocenters. The minimum Gasteiger partial charge on any atom is -0.335 e. The van der Waals surface area contributed by atoms with Gasteiger partial charge in [-0.25, -0.2) is 4.79 Å². The molecule has 1 aliphatic carbocycles. The number of urea groups is 1. The van der Waals surface area contributed by atoms with E-state index >= 15 is 0 Å². The summed E-state index contributed by atoms with van der Waals surface area (Å²) in [5, 5.41) is 9.33. The third-order valence-corrected chi connectivity index (χ3v) is 4.21. The summed E-state index contributed by atoms with van der Waals surface area (Å²) in [6.45, 7) is 0. The number of aromatic nitrogens is 1. The molecule has 0 saturated heterocycles. The van der Waals surface area contributed by atoms with E-state index in [0.717, 1.165) is 23.7 Å². The maximum Gasteiger partial charge on any atom is 0.319 e. The van der Waals surface area contributed by atoms with Gasteiger partial charge < -0.3 is 16.0 Å². The SMILES string of the molecule is O=C(Nc1ccc(NC(=O)c2ccnc3ccccc23)cc1)NC1CC1. The monoisotopic (exact) mass is 346 g/mol. The zero-order chi connectivity index (χ0) is 17.9. The summed E-state index contributed by atoms with van der Waals surface area (Å²) in [6, 6.07) is 16.4. The van der Waals surface area contributed by atoms with Crippen molar-refractivity contribution in [3.05, 3.63) is 66.4 Å². The van der Waals surface area contributed by atoms with Crippen molar-refractivity contribution >= 4 is 34.2 Å². The Kier molecular flexibility index (Phi) is 4.23. The summed E-state index contributed by atoms with van der Waals surface area (Å²) in [7, 11) is 0. The third-order valence-electron chi connectivity index (χ3n) is 4.21. The average molecular weight is 346 g/mol. The van der Waals surface area contributed by atoms with Gasteiger partial charge in [0.25, 0.3) is 5.91 Å². The molecule has 0 radical (unpaired) electrons. The summed E-state index contributed by atoms with van der Waals surface area (Å²) in [4.78, 5) is 28.6. The number of hydrogen-bond donors (Lipinski definition) is 3. The van der Waals surface area contributed by atoms with Gasteiger partial charge in [-0.1, -0.05) is 18.2 Å². The van der Waals surface area contributed by atoms with Gasteiger partial charge in [0.05, 0.1) is 11.1 Å². The van der Waals surface area contributed by atoms with Crippen molar-refractivity contribution in [3.63, 3.8) is 0 Å². The Balaban J connectivity index is 1.44. The van der Waals surface area contributed by atoms with Crippen LogP contribution in [0.5, 0.6) is 0 Å². The van der Waals surface area contributed by atoms with E-state index in [1.807, 2.05) is 24.3 Å². The van der Waals surface area contributed by atoms with Crippen LogP contribution in [0, 0.1) is 0 Å². The van der Waals surface area contributed by atoms with Crippen molar-refractivity contribution in [2.45, 2.75) is 18.9 Å². The third kappa shape index (κ3) is 3.64. The molecular weight excluding hydrogens is 328 g/mol. The maximum atomic E-state index is 12.6. The molecule has 0 aliphatic heterocycles. The Morgan fingerprint density at radius 1 is 0.885 bits per heavy atom. The van der Waals surface area contributed by atoms with Gasteiger partial charge in [0, 0.05) is 29.0 Å². The number of carbonyl (C=O) groups is 2. The topological polar surface area (TPSA) is 83.1 Å². The smallest absolute Gasteiger partial charge is 0.319 e. The second-order valence-electron chi connectivity index (χ2n) is 6.28. The van der Waals surface area contributed by atoms with Gasteiger partial charge in [-0.15, -0.1) is 0 Å². The molecule has 1 aromatic heterocycles. The molecule has 0 unspecified atom stereocenters. The molecule has 0 spiro atoms. The highest BCUT2D eigenvalue weighted by Crippen LogP contribution is 2.20. The van der Waals surface area contributed by atoms with Gasteiger partial charge in [-0.2, -0.15) is 0 Å². The zero-order valence-corrected chi connectivity index (χ0v) is 14.0. The number of amides is 3. The van der Waals surface area contributed by atoms with E-state index in [1.54, 1.807) is 36.5 Å². The standard InChI is InChI=1S/C20H18N4O2/c25-19(17-11-12-21-18-4-2-1-3-16(17)18)22-13-5-7-14(8-6-13)23-20(26)24-15-9-10-15/h1-8,11-12,15H,9-10H2,(H,22,25)(H2,23,24,26). The van der Waals surface area contributed by atoms with Crippen LogP contribution in [0.3, 0.4) is 0 Å². The van der Waals surface area contributed by atoms with Gasteiger partial charge >= 0.3 is 6.03 Å². The number of fused-ring (bicyclic) bond motifs is 1. The quantitative estimate of drug-likeness (QED) is 0.672. The molecular formula is C20H18N4O2. The number of rotatable bonds is 4. The van der Waals surface area contributed by atoms with E-state index in [4.69, 9.17) is 0 Å². The van der Waals surface area contributed by atoms with Crippen molar-refractivity contribution in [1.82, 2.24) is 10.3 Å². The molecule has 1 heterocycles. The molecule has 130 valence electrons. The van der Waals surface area contributed by atoms with Crippen LogP contribution in [0.15, 0.2) is 60.8 Å². The van der Waals surface area contributed by atoms with Gasteiger partial charge in [0.2, 0.25) is 0 Å². The number of carbonyl (C=O) groups excluding carboxylic acids is 2. The highest BCUT2D eigenvalue weighted by atomic mass is 16.2. The Bertz CT molecular complexity index is 960. The van der Waals surface area contributed by atoms with Crippen LogP contribution >= 0.6 is 0 Å². The van der Waals surface area contributed by atoms with Crippen LogP contribution in [0.25, 0.3) is 10.9 Å². The van der Waals surface area contributed by atoms with Gasteiger partial charge in [0.1, 0.15) is 0 Å². The first-order valence-corrected chi connectivity index (χ1v) is 8.52. The van der Waals surface area contributed by atoms with Crippen LogP contribution in [0.1, 0.15) is 23.2 Å². The Morgan fingerprint density at radius 2 is 1.58 bits per heavy atom. The predicted molar refractivity (Wildman–Crippen MR) is 101 cm³/mol. The number of hydrogen-bond acceptors (Lipinski definition) is 3. The lowest BCUT2D eigenvalue weighted by Crippen LogP contribution is -2.30. The summed E-state index contributed by atoms with van der Waals surface area (Å²) in [5.74, 6) is -0.198. The predicted octanol–water partition coefficient (Wildman–Crippen LogP) is 3.77. The lowest BCUT2D eigenvalue weighted by molar-refractivity contribution is 0.102. The summed E-state index contributed by atoms with van der Waals surface area (Å²) in [6.07, 6.45) is 3.72. The van der Waals surface area contributed by atoms with E-state index < -0.39 is 0 Å². The molecule has 3 amide bonds. The fourth-order valence-electron chi connectivity index (χ4n) is 2.71.